The van der Waals surface area contributed by atoms with Crippen LogP contribution in [0.5, 0.6) is 5.88 Å². The fraction of sp³-hybridized carbons (Fsp3) is 0.227. The van der Waals surface area contributed by atoms with E-state index in [0.717, 1.165) is 45.0 Å². The predicted molar refractivity (Wildman–Crippen MR) is 114 cm³/mol. The molecule has 1 atom stereocenters. The Morgan fingerprint density at radius 3 is 2.68 bits per heavy atom. The maximum absolute atomic E-state index is 5.68. The molecular formula is C22H21BrN4O. The van der Waals surface area contributed by atoms with Crippen LogP contribution in [-0.4, -0.2) is 27.1 Å². The number of ether oxygens (including phenoxy) is 1. The van der Waals surface area contributed by atoms with E-state index in [2.05, 4.69) is 57.4 Å². The first-order chi connectivity index (χ1) is 13.7. The highest BCUT2D eigenvalue weighted by Gasteiger charge is 2.23. The molecule has 0 amide bonds. The molecule has 2 aromatic carbocycles. The molecule has 0 spiro atoms. The maximum Gasteiger partial charge on any atom is 0.219 e. The molecular weight excluding hydrogens is 416 g/mol. The standard InChI is InChI=1S/C22H21BrN4O/c1-3-7-18-14-27(26-25-18)21(15-8-5-4-6-9-15)19-13-16-12-17(23)10-11-20(16)24-22(19)28-2/h4-6,8-14,21H,3,7H2,1-2H3. The number of hydrogen-bond donors (Lipinski definition) is 0. The second-order valence-electron chi connectivity index (χ2n) is 6.68. The molecule has 4 aromatic rings. The number of aryl methyl sites for hydroxylation is 1. The van der Waals surface area contributed by atoms with Crippen LogP contribution in [0.4, 0.5) is 0 Å². The summed E-state index contributed by atoms with van der Waals surface area (Å²) in [7, 11) is 1.66. The van der Waals surface area contributed by atoms with E-state index in [0.29, 0.717) is 5.88 Å². The van der Waals surface area contributed by atoms with Crippen molar-refractivity contribution in [2.75, 3.05) is 7.11 Å². The molecule has 0 saturated carbocycles. The minimum Gasteiger partial charge on any atom is -0.481 e. The molecule has 5 nitrogen and oxygen atoms in total. The number of benzene rings is 2. The summed E-state index contributed by atoms with van der Waals surface area (Å²) in [6.45, 7) is 2.14. The number of aromatic nitrogens is 4. The van der Waals surface area contributed by atoms with Crippen molar-refractivity contribution < 1.29 is 4.74 Å². The number of pyridine rings is 1. The van der Waals surface area contributed by atoms with Gasteiger partial charge in [0.25, 0.3) is 0 Å². The Kier molecular flexibility index (Phi) is 5.39. The highest BCUT2D eigenvalue weighted by Crippen LogP contribution is 2.34. The zero-order chi connectivity index (χ0) is 19.5. The van der Waals surface area contributed by atoms with E-state index in [1.54, 1.807) is 7.11 Å². The van der Waals surface area contributed by atoms with Crippen molar-refractivity contribution in [1.82, 2.24) is 20.0 Å². The van der Waals surface area contributed by atoms with Gasteiger partial charge < -0.3 is 4.74 Å². The van der Waals surface area contributed by atoms with Gasteiger partial charge in [-0.1, -0.05) is 64.8 Å². The number of methoxy groups -OCH3 is 1. The average Bonchev–Trinajstić information content (AvgIpc) is 3.17. The molecule has 0 fully saturated rings. The third kappa shape index (κ3) is 3.64. The molecule has 2 heterocycles. The molecule has 0 aliphatic carbocycles. The molecule has 6 heteroatoms. The largest absolute Gasteiger partial charge is 0.481 e. The van der Waals surface area contributed by atoms with Gasteiger partial charge in [-0.15, -0.1) is 5.10 Å². The van der Waals surface area contributed by atoms with Crippen LogP contribution in [0.25, 0.3) is 10.9 Å². The van der Waals surface area contributed by atoms with Crippen LogP contribution in [0.1, 0.15) is 36.2 Å². The molecule has 0 N–H and O–H groups in total. The SMILES string of the molecule is CCCc1cn(C(c2ccccc2)c2cc3cc(Br)ccc3nc2OC)nn1. The van der Waals surface area contributed by atoms with Crippen LogP contribution in [0, 0.1) is 0 Å². The summed E-state index contributed by atoms with van der Waals surface area (Å²) in [4.78, 5) is 4.75. The Labute approximate surface area is 172 Å². The van der Waals surface area contributed by atoms with Gasteiger partial charge in [0, 0.05) is 21.6 Å². The molecule has 142 valence electrons. The monoisotopic (exact) mass is 436 g/mol. The third-order valence-electron chi connectivity index (χ3n) is 4.70. The van der Waals surface area contributed by atoms with Crippen LogP contribution < -0.4 is 4.74 Å². The van der Waals surface area contributed by atoms with Gasteiger partial charge in [-0.2, -0.15) is 0 Å². The first-order valence-corrected chi connectivity index (χ1v) is 10.1. The lowest BCUT2D eigenvalue weighted by Gasteiger charge is -2.20. The van der Waals surface area contributed by atoms with Gasteiger partial charge in [-0.25, -0.2) is 9.67 Å². The van der Waals surface area contributed by atoms with Crippen molar-refractivity contribution >= 4 is 26.8 Å². The number of hydrogen-bond acceptors (Lipinski definition) is 4. The molecule has 0 bridgehead atoms. The molecule has 0 aliphatic heterocycles. The lowest BCUT2D eigenvalue weighted by atomic mass is 9.98. The zero-order valence-corrected chi connectivity index (χ0v) is 17.4. The summed E-state index contributed by atoms with van der Waals surface area (Å²) in [6, 6.07) is 18.3. The Morgan fingerprint density at radius 2 is 1.93 bits per heavy atom. The Bertz CT molecular complexity index is 1090. The second-order valence-corrected chi connectivity index (χ2v) is 7.59. The lowest BCUT2D eigenvalue weighted by molar-refractivity contribution is 0.387. The Hall–Kier alpha value is -2.73. The number of nitrogens with zero attached hydrogens (tertiary/aromatic N) is 4. The van der Waals surface area contributed by atoms with E-state index in [9.17, 15) is 0 Å². The maximum atomic E-state index is 5.68. The normalized spacial score (nSPS) is 12.2. The molecule has 0 aliphatic rings. The van der Waals surface area contributed by atoms with Crippen molar-refractivity contribution in [3.8, 4) is 5.88 Å². The third-order valence-corrected chi connectivity index (χ3v) is 5.19. The Morgan fingerprint density at radius 1 is 1.11 bits per heavy atom. The van der Waals surface area contributed by atoms with E-state index < -0.39 is 0 Å². The predicted octanol–water partition coefficient (Wildman–Crippen LogP) is 5.19. The molecule has 0 saturated heterocycles. The summed E-state index contributed by atoms with van der Waals surface area (Å²) in [6.07, 6.45) is 3.96. The molecule has 2 aromatic heterocycles. The van der Waals surface area contributed by atoms with Crippen molar-refractivity contribution in [1.29, 1.82) is 0 Å². The molecule has 28 heavy (non-hydrogen) atoms. The molecule has 0 radical (unpaired) electrons. The minimum absolute atomic E-state index is 0.176. The van der Waals surface area contributed by atoms with Gasteiger partial charge in [0.2, 0.25) is 5.88 Å². The topological polar surface area (TPSA) is 52.8 Å². The van der Waals surface area contributed by atoms with Crippen LogP contribution >= 0.6 is 15.9 Å². The van der Waals surface area contributed by atoms with Gasteiger partial charge in [-0.3, -0.25) is 0 Å². The van der Waals surface area contributed by atoms with Gasteiger partial charge in [0.15, 0.2) is 0 Å². The van der Waals surface area contributed by atoms with Gasteiger partial charge in [0.05, 0.1) is 18.3 Å². The van der Waals surface area contributed by atoms with Crippen molar-refractivity contribution in [2.24, 2.45) is 0 Å². The summed E-state index contributed by atoms with van der Waals surface area (Å²) < 4.78 is 8.60. The van der Waals surface area contributed by atoms with E-state index in [-0.39, 0.29) is 6.04 Å². The summed E-state index contributed by atoms with van der Waals surface area (Å²) >= 11 is 3.55. The van der Waals surface area contributed by atoms with Crippen molar-refractivity contribution in [2.45, 2.75) is 25.8 Å². The van der Waals surface area contributed by atoms with Crippen LogP contribution in [-0.2, 0) is 6.42 Å². The van der Waals surface area contributed by atoms with Gasteiger partial charge in [-0.05, 0) is 36.2 Å². The molecule has 1 unspecified atom stereocenters. The fourth-order valence-electron chi connectivity index (χ4n) is 3.43. The summed E-state index contributed by atoms with van der Waals surface area (Å²) in [5.74, 6) is 0.594. The quantitative estimate of drug-likeness (QED) is 0.417. The lowest BCUT2D eigenvalue weighted by Crippen LogP contribution is -2.15. The smallest absolute Gasteiger partial charge is 0.219 e. The second kappa shape index (κ2) is 8.10. The number of fused-ring (bicyclic) bond motifs is 1. The van der Waals surface area contributed by atoms with Crippen molar-refractivity contribution in [3.63, 3.8) is 0 Å². The van der Waals surface area contributed by atoms with E-state index in [4.69, 9.17) is 9.72 Å². The van der Waals surface area contributed by atoms with E-state index >= 15 is 0 Å². The first-order valence-electron chi connectivity index (χ1n) is 9.29. The van der Waals surface area contributed by atoms with Crippen LogP contribution in [0.2, 0.25) is 0 Å². The Balaban J connectivity index is 1.92. The zero-order valence-electron chi connectivity index (χ0n) is 15.8. The fourth-order valence-corrected chi connectivity index (χ4v) is 3.80. The summed E-state index contributed by atoms with van der Waals surface area (Å²) in [5.41, 5.74) is 3.93. The van der Waals surface area contributed by atoms with Crippen LogP contribution in [0.3, 0.4) is 0 Å². The highest BCUT2D eigenvalue weighted by molar-refractivity contribution is 9.10. The van der Waals surface area contributed by atoms with Crippen LogP contribution in [0.15, 0.2) is 65.3 Å². The van der Waals surface area contributed by atoms with E-state index in [1.165, 1.54) is 0 Å². The van der Waals surface area contributed by atoms with Crippen molar-refractivity contribution in [3.05, 3.63) is 82.1 Å². The van der Waals surface area contributed by atoms with Gasteiger partial charge in [0.1, 0.15) is 6.04 Å². The minimum atomic E-state index is -0.176. The molecule has 4 rings (SSSR count). The first kappa shape index (κ1) is 18.6. The van der Waals surface area contributed by atoms with Gasteiger partial charge >= 0.3 is 0 Å². The van der Waals surface area contributed by atoms with E-state index in [1.807, 2.05) is 41.2 Å². The summed E-state index contributed by atoms with van der Waals surface area (Å²) in [5, 5.41) is 9.83. The average molecular weight is 437 g/mol. The number of halogens is 1. The highest BCUT2D eigenvalue weighted by atomic mass is 79.9. The number of rotatable bonds is 6.